The van der Waals surface area contributed by atoms with E-state index in [9.17, 15) is 0 Å². The number of hydrogen-bond acceptors (Lipinski definition) is 2. The quantitative estimate of drug-likeness (QED) is 0.564. The summed E-state index contributed by atoms with van der Waals surface area (Å²) < 4.78 is 10.8. The van der Waals surface area contributed by atoms with Gasteiger partial charge in [-0.2, -0.15) is 0 Å². The van der Waals surface area contributed by atoms with E-state index in [0.29, 0.717) is 19.1 Å². The highest BCUT2D eigenvalue weighted by molar-refractivity contribution is 5.04. The fourth-order valence-electron chi connectivity index (χ4n) is 0.954. The van der Waals surface area contributed by atoms with E-state index in [2.05, 4.69) is 20.1 Å². The van der Waals surface area contributed by atoms with Crippen molar-refractivity contribution in [2.75, 3.05) is 13.2 Å². The van der Waals surface area contributed by atoms with Crippen LogP contribution in [0.3, 0.4) is 0 Å². The topological polar surface area (TPSA) is 18.5 Å². The van der Waals surface area contributed by atoms with Crippen LogP contribution in [0, 0.1) is 5.92 Å². The normalized spacial score (nSPS) is 24.5. The fraction of sp³-hybridized carbons (Fsp3) is 0.556. The molecule has 0 N–H and O–H groups in total. The molecule has 0 aliphatic carbocycles. The molecule has 1 saturated heterocycles. The Morgan fingerprint density at radius 1 is 1.27 bits per heavy atom. The fourth-order valence-corrected chi connectivity index (χ4v) is 0.954. The van der Waals surface area contributed by atoms with Gasteiger partial charge in [0.1, 0.15) is 0 Å². The summed E-state index contributed by atoms with van der Waals surface area (Å²) in [6, 6.07) is 0. The zero-order chi connectivity index (χ0) is 8.32. The Balaban J connectivity index is 2.59. The van der Waals surface area contributed by atoms with Gasteiger partial charge in [0.2, 0.25) is 5.79 Å². The first kappa shape index (κ1) is 8.50. The molecule has 1 fully saturated rings. The maximum absolute atomic E-state index is 5.42. The van der Waals surface area contributed by atoms with Crippen LogP contribution in [0.5, 0.6) is 0 Å². The highest BCUT2D eigenvalue weighted by atomic mass is 16.7. The molecule has 0 saturated carbocycles. The first-order valence-electron chi connectivity index (χ1n) is 3.77. The maximum atomic E-state index is 5.42. The first-order chi connectivity index (χ1) is 5.22. The van der Waals surface area contributed by atoms with E-state index in [0.717, 1.165) is 0 Å². The Bertz CT molecular complexity index is 145. The lowest BCUT2D eigenvalue weighted by Crippen LogP contribution is -2.39. The van der Waals surface area contributed by atoms with Crippen LogP contribution in [0.15, 0.2) is 25.3 Å². The SMILES string of the molecule is C=CC1(C=C)OCC(C)CO1. The van der Waals surface area contributed by atoms with Crippen LogP contribution < -0.4 is 0 Å². The van der Waals surface area contributed by atoms with E-state index < -0.39 is 5.79 Å². The van der Waals surface area contributed by atoms with Gasteiger partial charge in [0.15, 0.2) is 0 Å². The lowest BCUT2D eigenvalue weighted by molar-refractivity contribution is -0.223. The predicted octanol–water partition coefficient (Wildman–Crippen LogP) is 1.74. The van der Waals surface area contributed by atoms with Gasteiger partial charge in [-0.1, -0.05) is 20.1 Å². The van der Waals surface area contributed by atoms with Crippen molar-refractivity contribution in [1.29, 1.82) is 0 Å². The van der Waals surface area contributed by atoms with E-state index >= 15 is 0 Å². The number of rotatable bonds is 2. The second-order valence-corrected chi connectivity index (χ2v) is 2.86. The monoisotopic (exact) mass is 154 g/mol. The molecule has 0 unspecified atom stereocenters. The van der Waals surface area contributed by atoms with Crippen molar-refractivity contribution in [3.05, 3.63) is 25.3 Å². The third kappa shape index (κ3) is 1.70. The molecule has 0 aromatic carbocycles. The molecule has 11 heavy (non-hydrogen) atoms. The smallest absolute Gasteiger partial charge is 0.207 e. The lowest BCUT2D eigenvalue weighted by atomic mass is 10.1. The van der Waals surface area contributed by atoms with Crippen molar-refractivity contribution in [3.8, 4) is 0 Å². The van der Waals surface area contributed by atoms with Crippen LogP contribution in [0.4, 0.5) is 0 Å². The Morgan fingerprint density at radius 2 is 1.73 bits per heavy atom. The van der Waals surface area contributed by atoms with Gasteiger partial charge < -0.3 is 9.47 Å². The van der Waals surface area contributed by atoms with Gasteiger partial charge in [0, 0.05) is 5.92 Å². The molecule has 0 aromatic heterocycles. The zero-order valence-corrected chi connectivity index (χ0v) is 6.88. The average molecular weight is 154 g/mol. The molecule has 2 nitrogen and oxygen atoms in total. The van der Waals surface area contributed by atoms with Crippen molar-refractivity contribution < 1.29 is 9.47 Å². The van der Waals surface area contributed by atoms with Crippen LogP contribution in [0.2, 0.25) is 0 Å². The first-order valence-corrected chi connectivity index (χ1v) is 3.77. The second-order valence-electron chi connectivity index (χ2n) is 2.86. The summed E-state index contributed by atoms with van der Waals surface area (Å²) >= 11 is 0. The van der Waals surface area contributed by atoms with Crippen LogP contribution in [0.1, 0.15) is 6.92 Å². The molecule has 1 rings (SSSR count). The van der Waals surface area contributed by atoms with Gasteiger partial charge in [-0.05, 0) is 12.2 Å². The summed E-state index contributed by atoms with van der Waals surface area (Å²) in [5.74, 6) is -0.269. The van der Waals surface area contributed by atoms with E-state index in [1.165, 1.54) is 0 Å². The Morgan fingerprint density at radius 3 is 2.09 bits per heavy atom. The average Bonchev–Trinajstić information content (AvgIpc) is 2.07. The molecule has 2 heteroatoms. The Labute approximate surface area is 67.5 Å². The highest BCUT2D eigenvalue weighted by Gasteiger charge is 2.29. The van der Waals surface area contributed by atoms with Crippen molar-refractivity contribution in [1.82, 2.24) is 0 Å². The molecule has 0 spiro atoms. The number of hydrogen-bond donors (Lipinski definition) is 0. The van der Waals surface area contributed by atoms with Gasteiger partial charge in [-0.15, -0.1) is 0 Å². The molecular formula is C9H14O2. The summed E-state index contributed by atoms with van der Waals surface area (Å²) in [7, 11) is 0. The van der Waals surface area contributed by atoms with Gasteiger partial charge in [0.05, 0.1) is 13.2 Å². The largest absolute Gasteiger partial charge is 0.343 e. The third-order valence-electron chi connectivity index (χ3n) is 1.76. The van der Waals surface area contributed by atoms with Gasteiger partial charge in [0.25, 0.3) is 0 Å². The van der Waals surface area contributed by atoms with Crippen molar-refractivity contribution in [3.63, 3.8) is 0 Å². The second kappa shape index (κ2) is 3.20. The summed E-state index contributed by atoms with van der Waals surface area (Å²) in [6.45, 7) is 10.8. The van der Waals surface area contributed by atoms with E-state index in [1.54, 1.807) is 12.2 Å². The van der Waals surface area contributed by atoms with Crippen LogP contribution in [-0.4, -0.2) is 19.0 Å². The minimum absolute atomic E-state index is 0.461. The molecule has 1 heterocycles. The molecular weight excluding hydrogens is 140 g/mol. The zero-order valence-electron chi connectivity index (χ0n) is 6.88. The Kier molecular flexibility index (Phi) is 2.47. The van der Waals surface area contributed by atoms with E-state index in [4.69, 9.17) is 9.47 Å². The summed E-state index contributed by atoms with van der Waals surface area (Å²) in [4.78, 5) is 0. The maximum Gasteiger partial charge on any atom is 0.207 e. The molecule has 0 atom stereocenters. The molecule has 1 aliphatic heterocycles. The molecule has 62 valence electrons. The highest BCUT2D eigenvalue weighted by Crippen LogP contribution is 2.23. The summed E-state index contributed by atoms with van der Waals surface area (Å²) in [5.41, 5.74) is 0. The van der Waals surface area contributed by atoms with Gasteiger partial charge >= 0.3 is 0 Å². The van der Waals surface area contributed by atoms with Gasteiger partial charge in [-0.25, -0.2) is 0 Å². The van der Waals surface area contributed by atoms with Crippen molar-refractivity contribution in [2.24, 2.45) is 5.92 Å². The van der Waals surface area contributed by atoms with E-state index in [1.807, 2.05) is 0 Å². The molecule has 0 radical (unpaired) electrons. The minimum atomic E-state index is -0.730. The van der Waals surface area contributed by atoms with Gasteiger partial charge in [-0.3, -0.25) is 0 Å². The predicted molar refractivity (Wildman–Crippen MR) is 44.2 cm³/mol. The summed E-state index contributed by atoms with van der Waals surface area (Å²) in [5, 5.41) is 0. The summed E-state index contributed by atoms with van der Waals surface area (Å²) in [6.07, 6.45) is 3.26. The molecule has 0 amide bonds. The molecule has 0 aromatic rings. The Hall–Kier alpha value is -0.600. The third-order valence-corrected chi connectivity index (χ3v) is 1.76. The molecule has 0 bridgehead atoms. The minimum Gasteiger partial charge on any atom is -0.343 e. The standard InChI is InChI=1S/C9H14O2/c1-4-9(5-2)10-6-8(3)7-11-9/h4-5,8H,1-2,6-7H2,3H3. The van der Waals surface area contributed by atoms with Crippen LogP contribution >= 0.6 is 0 Å². The van der Waals surface area contributed by atoms with Crippen LogP contribution in [-0.2, 0) is 9.47 Å². The van der Waals surface area contributed by atoms with Crippen LogP contribution in [0.25, 0.3) is 0 Å². The van der Waals surface area contributed by atoms with Crippen molar-refractivity contribution in [2.45, 2.75) is 12.7 Å². The van der Waals surface area contributed by atoms with Crippen molar-refractivity contribution >= 4 is 0 Å². The number of ether oxygens (including phenoxy) is 2. The lowest BCUT2D eigenvalue weighted by Gasteiger charge is -2.34. The molecule has 1 aliphatic rings. The van der Waals surface area contributed by atoms with E-state index in [-0.39, 0.29) is 0 Å².